The largest absolute Gasteiger partial charge is 0.397 e. The highest BCUT2D eigenvalue weighted by Crippen LogP contribution is 2.38. The Bertz CT molecular complexity index is 518. The molecule has 78 valence electrons. The van der Waals surface area contributed by atoms with Crippen LogP contribution in [0.15, 0.2) is 18.2 Å². The number of thiophene rings is 2. The van der Waals surface area contributed by atoms with Crippen molar-refractivity contribution in [3.63, 3.8) is 0 Å². The van der Waals surface area contributed by atoms with Gasteiger partial charge in [0.15, 0.2) is 0 Å². The average molecular weight is 259 g/mol. The highest BCUT2D eigenvalue weighted by Gasteiger charge is 2.13. The van der Waals surface area contributed by atoms with Gasteiger partial charge in [-0.05, 0) is 18.2 Å². The summed E-state index contributed by atoms with van der Waals surface area (Å²) in [6.45, 7) is 0. The Balaban J connectivity index is 2.46. The molecule has 2 aromatic heterocycles. The number of nitrogens with two attached hydrogens (primary N) is 2. The smallest absolute Gasteiger partial charge is 0.260 e. The standard InChI is InChI=1S/C9H7ClN2OS2/c10-7-2-1-5(14-7)6-3-4(11)8(15-6)9(12)13/h1-3H,11H2,(H2,12,13). The summed E-state index contributed by atoms with van der Waals surface area (Å²) >= 11 is 8.55. The van der Waals surface area contributed by atoms with Gasteiger partial charge in [-0.15, -0.1) is 22.7 Å². The number of primary amides is 1. The Morgan fingerprint density at radius 1 is 1.27 bits per heavy atom. The maximum Gasteiger partial charge on any atom is 0.260 e. The van der Waals surface area contributed by atoms with Crippen molar-refractivity contribution in [1.82, 2.24) is 0 Å². The lowest BCUT2D eigenvalue weighted by Crippen LogP contribution is -2.10. The molecule has 0 saturated carbocycles. The highest BCUT2D eigenvalue weighted by atomic mass is 35.5. The van der Waals surface area contributed by atoms with E-state index < -0.39 is 5.91 Å². The second kappa shape index (κ2) is 3.84. The summed E-state index contributed by atoms with van der Waals surface area (Å²) < 4.78 is 0.706. The second-order valence-corrected chi connectivity index (χ2v) is 5.63. The van der Waals surface area contributed by atoms with Crippen LogP contribution in [0.4, 0.5) is 5.69 Å². The third-order valence-electron chi connectivity index (χ3n) is 1.80. The summed E-state index contributed by atoms with van der Waals surface area (Å²) in [4.78, 5) is 13.3. The van der Waals surface area contributed by atoms with Crippen LogP contribution in [0.2, 0.25) is 4.34 Å². The van der Waals surface area contributed by atoms with Crippen molar-refractivity contribution in [2.24, 2.45) is 5.73 Å². The van der Waals surface area contributed by atoms with Crippen molar-refractivity contribution in [3.8, 4) is 9.75 Å². The topological polar surface area (TPSA) is 69.1 Å². The van der Waals surface area contributed by atoms with Gasteiger partial charge in [-0.1, -0.05) is 11.6 Å². The molecular weight excluding hydrogens is 252 g/mol. The molecule has 2 aromatic rings. The van der Waals surface area contributed by atoms with Gasteiger partial charge in [-0.25, -0.2) is 0 Å². The molecule has 0 aliphatic carbocycles. The van der Waals surface area contributed by atoms with E-state index in [1.54, 1.807) is 12.1 Å². The van der Waals surface area contributed by atoms with E-state index in [2.05, 4.69) is 0 Å². The van der Waals surface area contributed by atoms with Crippen LogP contribution in [0.25, 0.3) is 9.75 Å². The van der Waals surface area contributed by atoms with Crippen LogP contribution in [0.3, 0.4) is 0 Å². The zero-order valence-electron chi connectivity index (χ0n) is 7.49. The molecule has 4 N–H and O–H groups in total. The van der Waals surface area contributed by atoms with Crippen molar-refractivity contribution < 1.29 is 4.79 Å². The van der Waals surface area contributed by atoms with Crippen LogP contribution in [-0.4, -0.2) is 5.91 Å². The minimum Gasteiger partial charge on any atom is -0.397 e. The summed E-state index contributed by atoms with van der Waals surface area (Å²) in [5.74, 6) is -0.494. The van der Waals surface area contributed by atoms with Crippen molar-refractivity contribution in [1.29, 1.82) is 0 Å². The molecule has 2 heterocycles. The third-order valence-corrected chi connectivity index (χ3v) is 4.39. The number of carbonyl (C=O) groups is 1. The van der Waals surface area contributed by atoms with Gasteiger partial charge in [0.05, 0.1) is 10.0 Å². The minimum absolute atomic E-state index is 0.398. The van der Waals surface area contributed by atoms with Gasteiger partial charge >= 0.3 is 0 Å². The Morgan fingerprint density at radius 3 is 2.47 bits per heavy atom. The lowest BCUT2D eigenvalue weighted by Gasteiger charge is -1.88. The molecular formula is C9H7ClN2OS2. The predicted octanol–water partition coefficient (Wildman–Crippen LogP) is 2.81. The Hall–Kier alpha value is -1.04. The van der Waals surface area contributed by atoms with E-state index in [9.17, 15) is 4.79 Å². The van der Waals surface area contributed by atoms with E-state index in [1.807, 2.05) is 6.07 Å². The fourth-order valence-electron chi connectivity index (χ4n) is 1.17. The van der Waals surface area contributed by atoms with Crippen LogP contribution in [0.1, 0.15) is 9.67 Å². The summed E-state index contributed by atoms with van der Waals surface area (Å²) in [6, 6.07) is 5.44. The van der Waals surface area contributed by atoms with Gasteiger partial charge in [0.25, 0.3) is 5.91 Å². The van der Waals surface area contributed by atoms with Crippen molar-refractivity contribution in [2.75, 3.05) is 5.73 Å². The van der Waals surface area contributed by atoms with E-state index in [4.69, 9.17) is 23.1 Å². The maximum absolute atomic E-state index is 11.0. The summed E-state index contributed by atoms with van der Waals surface area (Å²) in [5, 5.41) is 0. The first-order valence-electron chi connectivity index (χ1n) is 4.02. The van der Waals surface area contributed by atoms with E-state index in [0.29, 0.717) is 14.9 Å². The lowest BCUT2D eigenvalue weighted by molar-refractivity contribution is 0.100. The molecule has 0 spiro atoms. The number of hydrogen-bond acceptors (Lipinski definition) is 4. The average Bonchev–Trinajstić information content (AvgIpc) is 2.71. The molecule has 1 amide bonds. The van der Waals surface area contributed by atoms with Gasteiger partial charge in [0.2, 0.25) is 0 Å². The van der Waals surface area contributed by atoms with Crippen LogP contribution >= 0.6 is 34.3 Å². The van der Waals surface area contributed by atoms with Crippen LogP contribution < -0.4 is 11.5 Å². The molecule has 0 atom stereocenters. The molecule has 0 aliphatic heterocycles. The Morgan fingerprint density at radius 2 is 2.00 bits per heavy atom. The fourth-order valence-corrected chi connectivity index (χ4v) is 3.22. The summed E-state index contributed by atoms with van der Waals surface area (Å²) in [7, 11) is 0. The number of carbonyl (C=O) groups excluding carboxylic acids is 1. The number of rotatable bonds is 2. The van der Waals surface area contributed by atoms with Crippen LogP contribution in [-0.2, 0) is 0 Å². The zero-order chi connectivity index (χ0) is 11.0. The highest BCUT2D eigenvalue weighted by molar-refractivity contribution is 7.25. The normalized spacial score (nSPS) is 10.5. The number of anilines is 1. The quantitative estimate of drug-likeness (QED) is 0.870. The molecule has 0 saturated heterocycles. The first-order valence-corrected chi connectivity index (χ1v) is 6.04. The van der Waals surface area contributed by atoms with E-state index in [0.717, 1.165) is 9.75 Å². The monoisotopic (exact) mass is 258 g/mol. The van der Waals surface area contributed by atoms with Crippen molar-refractivity contribution in [3.05, 3.63) is 27.4 Å². The Labute approximate surface area is 99.3 Å². The van der Waals surface area contributed by atoms with Crippen molar-refractivity contribution in [2.45, 2.75) is 0 Å². The molecule has 6 heteroatoms. The van der Waals surface area contributed by atoms with Crippen molar-refractivity contribution >= 4 is 45.9 Å². The van der Waals surface area contributed by atoms with Crippen LogP contribution in [0, 0.1) is 0 Å². The predicted molar refractivity (Wildman–Crippen MR) is 65.6 cm³/mol. The number of nitrogen functional groups attached to an aromatic ring is 1. The first-order chi connectivity index (χ1) is 7.08. The molecule has 0 aromatic carbocycles. The second-order valence-electron chi connectivity index (χ2n) is 2.86. The molecule has 0 radical (unpaired) electrons. The van der Waals surface area contributed by atoms with E-state index >= 15 is 0 Å². The molecule has 0 aliphatic rings. The fraction of sp³-hybridized carbons (Fsp3) is 0. The molecule has 0 unspecified atom stereocenters. The van der Waals surface area contributed by atoms with Crippen LogP contribution in [0.5, 0.6) is 0 Å². The zero-order valence-corrected chi connectivity index (χ0v) is 9.88. The summed E-state index contributed by atoms with van der Waals surface area (Å²) in [6.07, 6.45) is 0. The molecule has 2 rings (SSSR count). The minimum atomic E-state index is -0.494. The first kappa shape index (κ1) is 10.5. The van der Waals surface area contributed by atoms with Gasteiger partial charge < -0.3 is 11.5 Å². The number of hydrogen-bond donors (Lipinski definition) is 2. The number of halogens is 1. The van der Waals surface area contributed by atoms with E-state index in [-0.39, 0.29) is 0 Å². The summed E-state index contributed by atoms with van der Waals surface area (Å²) in [5.41, 5.74) is 11.3. The molecule has 15 heavy (non-hydrogen) atoms. The Kier molecular flexibility index (Phi) is 2.68. The molecule has 0 bridgehead atoms. The van der Waals surface area contributed by atoms with E-state index in [1.165, 1.54) is 22.7 Å². The lowest BCUT2D eigenvalue weighted by atomic mass is 10.3. The van der Waals surface area contributed by atoms with Gasteiger partial charge in [0, 0.05) is 9.75 Å². The molecule has 0 fully saturated rings. The number of amides is 1. The van der Waals surface area contributed by atoms with Gasteiger partial charge in [-0.3, -0.25) is 4.79 Å². The van der Waals surface area contributed by atoms with Gasteiger partial charge in [-0.2, -0.15) is 0 Å². The molecule has 3 nitrogen and oxygen atoms in total. The maximum atomic E-state index is 11.0. The van der Waals surface area contributed by atoms with Gasteiger partial charge in [0.1, 0.15) is 4.88 Å². The SMILES string of the molecule is NC(=O)c1sc(-c2ccc(Cl)s2)cc1N. The third kappa shape index (κ3) is 1.99.